The summed E-state index contributed by atoms with van der Waals surface area (Å²) in [6, 6.07) is 6.58. The maximum absolute atomic E-state index is 5.70. The number of methoxy groups -OCH3 is 1. The van der Waals surface area contributed by atoms with Gasteiger partial charge in [0.2, 0.25) is 5.88 Å². The molecule has 0 spiro atoms. The highest BCUT2D eigenvalue weighted by atomic mass is 16.5. The maximum Gasteiger partial charge on any atom is 0.213 e. The molecule has 1 aliphatic heterocycles. The van der Waals surface area contributed by atoms with Crippen molar-refractivity contribution in [3.05, 3.63) is 23.9 Å². The predicted octanol–water partition coefficient (Wildman–Crippen LogP) is 1.79. The molecule has 1 aromatic heterocycles. The highest BCUT2D eigenvalue weighted by Crippen LogP contribution is 2.21. The van der Waals surface area contributed by atoms with Gasteiger partial charge in [0, 0.05) is 18.7 Å². The highest BCUT2D eigenvalue weighted by molar-refractivity contribution is 5.15. The van der Waals surface area contributed by atoms with Crippen LogP contribution >= 0.6 is 0 Å². The second-order valence-electron chi connectivity index (χ2n) is 4.87. The Hall–Kier alpha value is -1.13. The third kappa shape index (κ3) is 3.43. The minimum absolute atomic E-state index is 0.622. The SMILES string of the molecule is COc1cccc(CN2CCCCC2CCN)n1. The molecule has 2 rings (SSSR count). The van der Waals surface area contributed by atoms with Gasteiger partial charge in [0.05, 0.1) is 12.8 Å². The van der Waals surface area contributed by atoms with Crippen LogP contribution in [0, 0.1) is 0 Å². The van der Waals surface area contributed by atoms with E-state index in [9.17, 15) is 0 Å². The van der Waals surface area contributed by atoms with E-state index in [2.05, 4.69) is 16.0 Å². The summed E-state index contributed by atoms with van der Waals surface area (Å²) in [6.07, 6.45) is 4.96. The average molecular weight is 249 g/mol. The van der Waals surface area contributed by atoms with Crippen molar-refractivity contribution in [2.24, 2.45) is 5.73 Å². The minimum Gasteiger partial charge on any atom is -0.481 e. The molecule has 0 aliphatic carbocycles. The maximum atomic E-state index is 5.70. The molecule has 4 nitrogen and oxygen atoms in total. The summed E-state index contributed by atoms with van der Waals surface area (Å²) in [5.74, 6) is 0.694. The van der Waals surface area contributed by atoms with Crippen molar-refractivity contribution in [1.29, 1.82) is 0 Å². The first-order chi connectivity index (χ1) is 8.83. The fourth-order valence-corrected chi connectivity index (χ4v) is 2.65. The molecule has 0 bridgehead atoms. The first kappa shape index (κ1) is 13.3. The third-order valence-electron chi connectivity index (χ3n) is 3.60. The molecule has 1 aliphatic rings. The summed E-state index contributed by atoms with van der Waals surface area (Å²) in [6.45, 7) is 2.83. The molecule has 1 unspecified atom stereocenters. The summed E-state index contributed by atoms with van der Waals surface area (Å²) in [5, 5.41) is 0. The standard InChI is InChI=1S/C14H23N3O/c1-18-14-7-4-5-12(16-14)11-17-10-3-2-6-13(17)8-9-15/h4-5,7,13H,2-3,6,8-11,15H2,1H3. The lowest BCUT2D eigenvalue weighted by atomic mass is 9.99. The average Bonchev–Trinajstić information content (AvgIpc) is 2.41. The largest absolute Gasteiger partial charge is 0.481 e. The number of hydrogen-bond acceptors (Lipinski definition) is 4. The lowest BCUT2D eigenvalue weighted by Gasteiger charge is -2.35. The highest BCUT2D eigenvalue weighted by Gasteiger charge is 2.21. The molecule has 0 radical (unpaired) electrons. The number of nitrogens with two attached hydrogens (primary N) is 1. The van der Waals surface area contributed by atoms with Crippen LogP contribution in [0.4, 0.5) is 0 Å². The van der Waals surface area contributed by atoms with Gasteiger partial charge in [-0.2, -0.15) is 0 Å². The summed E-state index contributed by atoms with van der Waals surface area (Å²) in [7, 11) is 1.66. The second-order valence-corrected chi connectivity index (χ2v) is 4.87. The van der Waals surface area contributed by atoms with E-state index in [1.165, 1.54) is 19.3 Å². The smallest absolute Gasteiger partial charge is 0.213 e. The van der Waals surface area contributed by atoms with Crippen LogP contribution < -0.4 is 10.5 Å². The van der Waals surface area contributed by atoms with Crippen LogP contribution in [0.25, 0.3) is 0 Å². The van der Waals surface area contributed by atoms with E-state index in [-0.39, 0.29) is 0 Å². The zero-order valence-electron chi connectivity index (χ0n) is 11.1. The van der Waals surface area contributed by atoms with E-state index in [1.807, 2.05) is 12.1 Å². The molecule has 18 heavy (non-hydrogen) atoms. The molecular formula is C14H23N3O. The Kier molecular flexibility index (Phi) is 4.96. The van der Waals surface area contributed by atoms with E-state index in [1.54, 1.807) is 7.11 Å². The van der Waals surface area contributed by atoms with Gasteiger partial charge >= 0.3 is 0 Å². The Balaban J connectivity index is 2.01. The molecule has 1 fully saturated rings. The Morgan fingerprint density at radius 1 is 1.44 bits per heavy atom. The molecule has 4 heteroatoms. The normalized spacial score (nSPS) is 20.9. The van der Waals surface area contributed by atoms with Crippen LogP contribution in [-0.2, 0) is 6.54 Å². The first-order valence-corrected chi connectivity index (χ1v) is 6.77. The van der Waals surface area contributed by atoms with Gasteiger partial charge in [-0.1, -0.05) is 12.5 Å². The van der Waals surface area contributed by atoms with Gasteiger partial charge in [0.1, 0.15) is 0 Å². The van der Waals surface area contributed by atoms with Crippen LogP contribution in [0.2, 0.25) is 0 Å². The zero-order chi connectivity index (χ0) is 12.8. The van der Waals surface area contributed by atoms with E-state index in [0.29, 0.717) is 11.9 Å². The number of hydrogen-bond donors (Lipinski definition) is 1. The number of likely N-dealkylation sites (tertiary alicyclic amines) is 1. The molecule has 2 N–H and O–H groups in total. The van der Waals surface area contributed by atoms with Crippen molar-refractivity contribution in [2.45, 2.75) is 38.3 Å². The molecule has 1 atom stereocenters. The molecule has 0 aromatic carbocycles. The van der Waals surface area contributed by atoms with Crippen LogP contribution in [-0.4, -0.2) is 36.1 Å². The van der Waals surface area contributed by atoms with E-state index < -0.39 is 0 Å². The predicted molar refractivity (Wildman–Crippen MR) is 72.5 cm³/mol. The van der Waals surface area contributed by atoms with Gasteiger partial charge in [0.15, 0.2) is 0 Å². The first-order valence-electron chi connectivity index (χ1n) is 6.77. The lowest BCUT2D eigenvalue weighted by molar-refractivity contribution is 0.132. The van der Waals surface area contributed by atoms with E-state index in [0.717, 1.165) is 31.7 Å². The quantitative estimate of drug-likeness (QED) is 0.864. The van der Waals surface area contributed by atoms with Crippen LogP contribution in [0.1, 0.15) is 31.4 Å². The zero-order valence-corrected chi connectivity index (χ0v) is 11.1. The monoisotopic (exact) mass is 249 g/mol. The van der Waals surface area contributed by atoms with E-state index >= 15 is 0 Å². The molecule has 1 saturated heterocycles. The molecule has 100 valence electrons. The van der Waals surface area contributed by atoms with Crippen LogP contribution in [0.3, 0.4) is 0 Å². The van der Waals surface area contributed by atoms with Gasteiger partial charge in [-0.25, -0.2) is 4.98 Å². The lowest BCUT2D eigenvalue weighted by Crippen LogP contribution is -2.40. The van der Waals surface area contributed by atoms with Crippen molar-refractivity contribution >= 4 is 0 Å². The number of rotatable bonds is 5. The fraction of sp³-hybridized carbons (Fsp3) is 0.643. The van der Waals surface area contributed by atoms with Crippen LogP contribution in [0.15, 0.2) is 18.2 Å². The molecular weight excluding hydrogens is 226 g/mol. The van der Waals surface area contributed by atoms with Gasteiger partial charge in [-0.15, -0.1) is 0 Å². The van der Waals surface area contributed by atoms with Crippen molar-refractivity contribution in [1.82, 2.24) is 9.88 Å². The minimum atomic E-state index is 0.622. The summed E-state index contributed by atoms with van der Waals surface area (Å²) in [5.41, 5.74) is 6.78. The second kappa shape index (κ2) is 6.71. The van der Waals surface area contributed by atoms with Gasteiger partial charge < -0.3 is 10.5 Å². The molecule has 0 saturated carbocycles. The fourth-order valence-electron chi connectivity index (χ4n) is 2.65. The molecule has 0 amide bonds. The Bertz CT molecular complexity index is 368. The number of ether oxygens (including phenoxy) is 1. The van der Waals surface area contributed by atoms with E-state index in [4.69, 9.17) is 10.5 Å². The number of nitrogens with zero attached hydrogens (tertiary/aromatic N) is 2. The molecule has 1 aromatic rings. The Morgan fingerprint density at radius 3 is 3.11 bits per heavy atom. The molecule has 2 heterocycles. The number of aromatic nitrogens is 1. The summed E-state index contributed by atoms with van der Waals surface area (Å²) in [4.78, 5) is 7.00. The number of pyridine rings is 1. The van der Waals surface area contributed by atoms with Crippen molar-refractivity contribution < 1.29 is 4.74 Å². The van der Waals surface area contributed by atoms with Crippen molar-refractivity contribution in [2.75, 3.05) is 20.2 Å². The Morgan fingerprint density at radius 2 is 2.33 bits per heavy atom. The van der Waals surface area contributed by atoms with Crippen molar-refractivity contribution in [3.8, 4) is 5.88 Å². The third-order valence-corrected chi connectivity index (χ3v) is 3.60. The van der Waals surface area contributed by atoms with Crippen LogP contribution in [0.5, 0.6) is 5.88 Å². The summed E-state index contributed by atoms with van der Waals surface area (Å²) < 4.78 is 5.17. The summed E-state index contributed by atoms with van der Waals surface area (Å²) >= 11 is 0. The number of piperidine rings is 1. The Labute approximate surface area is 109 Å². The van der Waals surface area contributed by atoms with Gasteiger partial charge in [0.25, 0.3) is 0 Å². The van der Waals surface area contributed by atoms with Gasteiger partial charge in [-0.05, 0) is 38.4 Å². The van der Waals surface area contributed by atoms with Gasteiger partial charge in [-0.3, -0.25) is 4.90 Å². The van der Waals surface area contributed by atoms with Crippen molar-refractivity contribution in [3.63, 3.8) is 0 Å². The topological polar surface area (TPSA) is 51.4 Å².